The summed E-state index contributed by atoms with van der Waals surface area (Å²) in [5.74, 6) is 0.706. The first-order chi connectivity index (χ1) is 17.8. The maximum atomic E-state index is 8.11. The van der Waals surface area contributed by atoms with Gasteiger partial charge in [0.25, 0.3) is 0 Å². The van der Waals surface area contributed by atoms with Crippen LogP contribution in [0, 0.1) is 5.41 Å². The van der Waals surface area contributed by atoms with E-state index < -0.39 is 0 Å². The highest BCUT2D eigenvalue weighted by Gasteiger charge is 2.49. The summed E-state index contributed by atoms with van der Waals surface area (Å²) in [7, 11) is 0. The molecule has 2 aliphatic rings. The van der Waals surface area contributed by atoms with E-state index in [-0.39, 0.29) is 24.5 Å². The van der Waals surface area contributed by atoms with Crippen molar-refractivity contribution in [1.29, 1.82) is 5.41 Å². The second kappa shape index (κ2) is 12.6. The highest BCUT2D eigenvalue weighted by atomic mass is 32.2. The van der Waals surface area contributed by atoms with Crippen molar-refractivity contribution >= 4 is 16.8 Å². The number of hydrogen-bond donors (Lipinski definition) is 1. The van der Waals surface area contributed by atoms with Crippen molar-refractivity contribution in [2.24, 2.45) is 0 Å². The molecule has 0 amide bonds. The van der Waals surface area contributed by atoms with Gasteiger partial charge in [0.1, 0.15) is 24.5 Å². The third-order valence-electron chi connectivity index (χ3n) is 6.36. The second-order valence-corrected chi connectivity index (χ2v) is 10.1. The van der Waals surface area contributed by atoms with Gasteiger partial charge in [0.2, 0.25) is 0 Å². The highest BCUT2D eigenvalue weighted by molar-refractivity contribution is 8.14. The Morgan fingerprint density at radius 3 is 1.81 bits per heavy atom. The first kappa shape index (κ1) is 25.1. The van der Waals surface area contributed by atoms with E-state index in [9.17, 15) is 0 Å². The Kier molecular flexibility index (Phi) is 8.82. The van der Waals surface area contributed by atoms with Crippen LogP contribution in [-0.2, 0) is 38.8 Å². The van der Waals surface area contributed by atoms with Crippen molar-refractivity contribution in [3.63, 3.8) is 0 Å². The molecule has 2 saturated heterocycles. The van der Waals surface area contributed by atoms with Gasteiger partial charge < -0.3 is 18.9 Å². The number of nitrogens with one attached hydrogen (secondary N) is 1. The van der Waals surface area contributed by atoms with E-state index in [0.29, 0.717) is 43.9 Å². The molecule has 2 heterocycles. The summed E-state index contributed by atoms with van der Waals surface area (Å²) in [6.07, 6.45) is -1.22. The van der Waals surface area contributed by atoms with E-state index >= 15 is 0 Å². The fourth-order valence-electron chi connectivity index (χ4n) is 4.52. The Labute approximate surface area is 217 Å². The summed E-state index contributed by atoms with van der Waals surface area (Å²) in [5, 5.41) is 8.76. The van der Waals surface area contributed by atoms with Gasteiger partial charge in [-0.1, -0.05) is 103 Å². The number of benzene rings is 3. The van der Waals surface area contributed by atoms with Crippen LogP contribution in [0.1, 0.15) is 16.7 Å². The topological polar surface area (TPSA) is 64.0 Å². The van der Waals surface area contributed by atoms with Crippen molar-refractivity contribution in [3.05, 3.63) is 108 Å². The summed E-state index contributed by atoms with van der Waals surface area (Å²) in [6.45, 7) is 2.40. The molecule has 3 aromatic carbocycles. The Bertz CT molecular complexity index is 1090. The molecule has 0 spiro atoms. The third kappa shape index (κ3) is 6.62. The standard InChI is InChI=1S/C29H32N2O4S/c30-26-16-31(21-36-26)29-28(34-19-24-14-8-3-9-15-24)27(33-18-23-12-6-2-7-13-23)25(35-29)20-32-17-22-10-4-1-5-11-22/h1-15,25,27-30H,16-21H2/t25-,27-,28+,29-/m1/s1. The minimum absolute atomic E-state index is 0.289. The maximum absolute atomic E-state index is 8.11. The summed E-state index contributed by atoms with van der Waals surface area (Å²) in [6, 6.07) is 30.5. The first-order valence-corrected chi connectivity index (χ1v) is 13.3. The van der Waals surface area contributed by atoms with Gasteiger partial charge in [-0.05, 0) is 16.7 Å². The summed E-state index contributed by atoms with van der Waals surface area (Å²) in [4.78, 5) is 2.17. The molecule has 0 radical (unpaired) electrons. The lowest BCUT2D eigenvalue weighted by Crippen LogP contribution is -2.45. The number of ether oxygens (including phenoxy) is 4. The van der Waals surface area contributed by atoms with Crippen molar-refractivity contribution in [3.8, 4) is 0 Å². The third-order valence-corrected chi connectivity index (χ3v) is 7.30. The average molecular weight is 505 g/mol. The van der Waals surface area contributed by atoms with Crippen LogP contribution in [0.3, 0.4) is 0 Å². The lowest BCUT2D eigenvalue weighted by atomic mass is 10.1. The monoisotopic (exact) mass is 504 g/mol. The van der Waals surface area contributed by atoms with E-state index in [0.717, 1.165) is 16.7 Å². The van der Waals surface area contributed by atoms with Gasteiger partial charge in [0.15, 0.2) is 0 Å². The smallest absolute Gasteiger partial charge is 0.141 e. The number of rotatable bonds is 11. The highest BCUT2D eigenvalue weighted by Crippen LogP contribution is 2.34. The maximum Gasteiger partial charge on any atom is 0.141 e. The van der Waals surface area contributed by atoms with Gasteiger partial charge >= 0.3 is 0 Å². The zero-order valence-electron chi connectivity index (χ0n) is 20.2. The molecular formula is C29H32N2O4S. The van der Waals surface area contributed by atoms with Crippen molar-refractivity contribution in [2.75, 3.05) is 19.0 Å². The van der Waals surface area contributed by atoms with E-state index in [1.165, 1.54) is 11.8 Å². The molecule has 6 nitrogen and oxygen atoms in total. The van der Waals surface area contributed by atoms with Gasteiger partial charge in [-0.2, -0.15) is 0 Å². The molecule has 0 aliphatic carbocycles. The molecule has 3 aromatic rings. The molecule has 5 rings (SSSR count). The van der Waals surface area contributed by atoms with E-state index in [1.54, 1.807) is 0 Å². The predicted molar refractivity (Wildman–Crippen MR) is 142 cm³/mol. The van der Waals surface area contributed by atoms with Crippen molar-refractivity contribution < 1.29 is 18.9 Å². The van der Waals surface area contributed by atoms with E-state index in [2.05, 4.69) is 41.3 Å². The lowest BCUT2D eigenvalue weighted by molar-refractivity contribution is -0.110. The molecule has 1 N–H and O–H groups in total. The zero-order valence-corrected chi connectivity index (χ0v) is 21.0. The SMILES string of the molecule is N=C1CN([C@@H]2O[C@H](COCc3ccccc3)[C@@H](OCc3ccccc3)[C@@H]2OCc2ccccc2)CS1. The summed E-state index contributed by atoms with van der Waals surface area (Å²) < 4.78 is 25.7. The fourth-order valence-corrected chi connectivity index (χ4v) is 5.33. The van der Waals surface area contributed by atoms with Crippen LogP contribution in [0.5, 0.6) is 0 Å². The van der Waals surface area contributed by atoms with Gasteiger partial charge in [0, 0.05) is 6.54 Å². The number of nitrogens with zero attached hydrogens (tertiary/aromatic N) is 1. The number of thioether (sulfide) groups is 1. The van der Waals surface area contributed by atoms with Crippen LogP contribution in [0.15, 0.2) is 91.0 Å². The van der Waals surface area contributed by atoms with Crippen LogP contribution < -0.4 is 0 Å². The Morgan fingerprint density at radius 1 is 0.750 bits per heavy atom. The molecule has 7 heteroatoms. The van der Waals surface area contributed by atoms with Gasteiger partial charge in [-0.3, -0.25) is 10.3 Å². The van der Waals surface area contributed by atoms with Crippen LogP contribution in [-0.4, -0.2) is 53.5 Å². The zero-order chi connectivity index (χ0) is 24.6. The lowest BCUT2D eigenvalue weighted by Gasteiger charge is -2.29. The van der Waals surface area contributed by atoms with Crippen molar-refractivity contribution in [2.45, 2.75) is 44.4 Å². The molecule has 0 unspecified atom stereocenters. The van der Waals surface area contributed by atoms with Crippen LogP contribution >= 0.6 is 11.8 Å². The molecule has 2 fully saturated rings. The number of hydrogen-bond acceptors (Lipinski definition) is 7. The molecule has 0 aromatic heterocycles. The minimum atomic E-state index is -0.314. The molecule has 188 valence electrons. The van der Waals surface area contributed by atoms with Crippen LogP contribution in [0.4, 0.5) is 0 Å². The predicted octanol–water partition coefficient (Wildman–Crippen LogP) is 5.08. The Balaban J connectivity index is 1.33. The van der Waals surface area contributed by atoms with Gasteiger partial charge in [-0.25, -0.2) is 0 Å². The first-order valence-electron chi connectivity index (χ1n) is 12.3. The second-order valence-electron chi connectivity index (χ2n) is 9.03. The average Bonchev–Trinajstić information content (AvgIpc) is 3.51. The summed E-state index contributed by atoms with van der Waals surface area (Å²) >= 11 is 1.54. The quantitative estimate of drug-likeness (QED) is 0.393. The fraction of sp³-hybridized carbons (Fsp3) is 0.345. The molecule has 4 atom stereocenters. The largest absolute Gasteiger partial charge is 0.374 e. The molecular weight excluding hydrogens is 472 g/mol. The van der Waals surface area contributed by atoms with E-state index in [4.69, 9.17) is 24.4 Å². The minimum Gasteiger partial charge on any atom is -0.374 e. The summed E-state index contributed by atoms with van der Waals surface area (Å²) in [5.41, 5.74) is 3.32. The van der Waals surface area contributed by atoms with Gasteiger partial charge in [-0.15, -0.1) is 0 Å². The van der Waals surface area contributed by atoms with Gasteiger partial charge in [0.05, 0.1) is 37.3 Å². The molecule has 0 bridgehead atoms. The normalized spacial score (nSPS) is 24.4. The Hall–Kier alpha value is -2.52. The molecule has 36 heavy (non-hydrogen) atoms. The van der Waals surface area contributed by atoms with Crippen molar-refractivity contribution in [1.82, 2.24) is 4.90 Å². The van der Waals surface area contributed by atoms with E-state index in [1.807, 2.05) is 54.6 Å². The van der Waals surface area contributed by atoms with Crippen LogP contribution in [0.2, 0.25) is 0 Å². The Morgan fingerprint density at radius 2 is 1.28 bits per heavy atom. The molecule has 2 aliphatic heterocycles. The molecule has 0 saturated carbocycles. The van der Waals surface area contributed by atoms with Crippen LogP contribution in [0.25, 0.3) is 0 Å².